The van der Waals surface area contributed by atoms with Crippen LogP contribution in [0.1, 0.15) is 22.5 Å². The summed E-state index contributed by atoms with van der Waals surface area (Å²) in [4.78, 5) is 34.6. The van der Waals surface area contributed by atoms with Crippen molar-refractivity contribution in [3.8, 4) is 0 Å². The van der Waals surface area contributed by atoms with Gasteiger partial charge in [-0.1, -0.05) is 0 Å². The molecule has 0 aliphatic rings. The highest BCUT2D eigenvalue weighted by molar-refractivity contribution is 5.94. The van der Waals surface area contributed by atoms with Crippen molar-refractivity contribution in [2.75, 3.05) is 19.0 Å². The van der Waals surface area contributed by atoms with Crippen LogP contribution in [0.4, 0.5) is 5.69 Å². The molecule has 126 valence electrons. The zero-order valence-corrected chi connectivity index (χ0v) is 13.1. The van der Waals surface area contributed by atoms with Gasteiger partial charge in [-0.15, -0.1) is 0 Å². The number of anilines is 1. The number of rotatable bonds is 7. The third kappa shape index (κ3) is 5.28. The van der Waals surface area contributed by atoms with Crippen LogP contribution in [0.5, 0.6) is 0 Å². The number of nitrogens with one attached hydrogen (secondary N) is 1. The Morgan fingerprint density at radius 1 is 1.12 bits per heavy atom. The lowest BCUT2D eigenvalue weighted by Crippen LogP contribution is -2.21. The van der Waals surface area contributed by atoms with Gasteiger partial charge < -0.3 is 19.2 Å². The summed E-state index contributed by atoms with van der Waals surface area (Å²) in [5.41, 5.74) is 0.860. The third-order valence-corrected chi connectivity index (χ3v) is 3.11. The van der Waals surface area contributed by atoms with Crippen LogP contribution in [0.2, 0.25) is 0 Å². The number of esters is 2. The van der Waals surface area contributed by atoms with E-state index in [2.05, 4.69) is 10.1 Å². The van der Waals surface area contributed by atoms with Crippen LogP contribution in [-0.4, -0.2) is 31.6 Å². The van der Waals surface area contributed by atoms with Crippen LogP contribution < -0.4 is 5.32 Å². The standard InChI is InChI=1S/C17H17NO6/c1-22-17(21)12-4-6-13(7-5-12)18-15(19)11-24-16(20)9-8-14-3-2-10-23-14/h2-7,10H,8-9,11H2,1H3,(H,18,19). The van der Waals surface area contributed by atoms with Crippen LogP contribution in [0.3, 0.4) is 0 Å². The minimum absolute atomic E-state index is 0.134. The lowest BCUT2D eigenvalue weighted by molar-refractivity contribution is -0.147. The highest BCUT2D eigenvalue weighted by Crippen LogP contribution is 2.10. The number of methoxy groups -OCH3 is 1. The van der Waals surface area contributed by atoms with Gasteiger partial charge in [0.15, 0.2) is 6.61 Å². The van der Waals surface area contributed by atoms with E-state index in [0.29, 0.717) is 23.4 Å². The van der Waals surface area contributed by atoms with Gasteiger partial charge in [0.1, 0.15) is 5.76 Å². The van der Waals surface area contributed by atoms with Gasteiger partial charge in [-0.05, 0) is 36.4 Å². The molecule has 2 rings (SSSR count). The molecule has 0 aliphatic heterocycles. The number of furan rings is 1. The molecule has 0 spiro atoms. The minimum atomic E-state index is -0.484. The van der Waals surface area contributed by atoms with Crippen molar-refractivity contribution in [2.24, 2.45) is 0 Å². The van der Waals surface area contributed by atoms with Gasteiger partial charge in [0.25, 0.3) is 5.91 Å². The molecule has 1 N–H and O–H groups in total. The molecule has 0 saturated heterocycles. The summed E-state index contributed by atoms with van der Waals surface area (Å²) < 4.78 is 14.6. The average molecular weight is 331 g/mol. The van der Waals surface area contributed by atoms with Crippen LogP contribution >= 0.6 is 0 Å². The fourth-order valence-corrected chi connectivity index (χ4v) is 1.90. The molecule has 0 saturated carbocycles. The van der Waals surface area contributed by atoms with Gasteiger partial charge >= 0.3 is 11.9 Å². The van der Waals surface area contributed by atoms with E-state index in [1.807, 2.05) is 0 Å². The van der Waals surface area contributed by atoms with E-state index in [4.69, 9.17) is 9.15 Å². The summed E-state index contributed by atoms with van der Waals surface area (Å²) in [5, 5.41) is 2.56. The molecule has 0 atom stereocenters. The van der Waals surface area contributed by atoms with Gasteiger partial charge in [0, 0.05) is 12.1 Å². The first kappa shape index (κ1) is 17.3. The van der Waals surface area contributed by atoms with Crippen molar-refractivity contribution < 1.29 is 28.3 Å². The largest absolute Gasteiger partial charge is 0.469 e. The number of ether oxygens (including phenoxy) is 2. The predicted octanol–water partition coefficient (Wildman–Crippen LogP) is 2.18. The van der Waals surface area contributed by atoms with Gasteiger partial charge in [-0.2, -0.15) is 0 Å². The highest BCUT2D eigenvalue weighted by atomic mass is 16.5. The number of benzene rings is 1. The quantitative estimate of drug-likeness (QED) is 0.781. The molecular weight excluding hydrogens is 314 g/mol. The molecular formula is C17H17NO6. The van der Waals surface area contributed by atoms with Gasteiger partial charge in [-0.25, -0.2) is 4.79 Å². The van der Waals surface area contributed by atoms with Gasteiger partial charge in [0.2, 0.25) is 0 Å². The topological polar surface area (TPSA) is 94.8 Å². The van der Waals surface area contributed by atoms with Crippen molar-refractivity contribution in [3.05, 3.63) is 54.0 Å². The smallest absolute Gasteiger partial charge is 0.337 e. The van der Waals surface area contributed by atoms with E-state index < -0.39 is 17.8 Å². The second-order valence-electron chi connectivity index (χ2n) is 4.86. The molecule has 1 aromatic carbocycles. The second kappa shape index (κ2) is 8.52. The zero-order chi connectivity index (χ0) is 17.4. The SMILES string of the molecule is COC(=O)c1ccc(NC(=O)COC(=O)CCc2ccco2)cc1. The monoisotopic (exact) mass is 331 g/mol. The fraction of sp³-hybridized carbons (Fsp3) is 0.235. The minimum Gasteiger partial charge on any atom is -0.469 e. The summed E-state index contributed by atoms with van der Waals surface area (Å²) in [5.74, 6) is -0.727. The van der Waals surface area contributed by atoms with E-state index >= 15 is 0 Å². The van der Waals surface area contributed by atoms with E-state index in [-0.39, 0.29) is 13.0 Å². The Bertz CT molecular complexity index is 690. The molecule has 1 amide bonds. The van der Waals surface area contributed by atoms with Crippen molar-refractivity contribution in [2.45, 2.75) is 12.8 Å². The predicted molar refractivity (Wildman–Crippen MR) is 84.4 cm³/mol. The van der Waals surface area contributed by atoms with E-state index in [1.165, 1.54) is 25.5 Å². The molecule has 1 aromatic heterocycles. The number of aryl methyl sites for hydroxylation is 1. The van der Waals surface area contributed by atoms with Crippen molar-refractivity contribution in [1.82, 2.24) is 0 Å². The van der Waals surface area contributed by atoms with Crippen molar-refractivity contribution in [3.63, 3.8) is 0 Å². The van der Waals surface area contributed by atoms with Crippen LogP contribution in [0, 0.1) is 0 Å². The first-order chi connectivity index (χ1) is 11.6. The summed E-state index contributed by atoms with van der Waals surface area (Å²) in [7, 11) is 1.29. The maximum Gasteiger partial charge on any atom is 0.337 e. The molecule has 0 fully saturated rings. The molecule has 0 bridgehead atoms. The van der Waals surface area contributed by atoms with E-state index in [9.17, 15) is 14.4 Å². The maximum atomic E-state index is 11.7. The molecule has 0 aliphatic carbocycles. The zero-order valence-electron chi connectivity index (χ0n) is 13.1. The fourth-order valence-electron chi connectivity index (χ4n) is 1.90. The summed E-state index contributed by atoms with van der Waals surface area (Å²) in [6.45, 7) is -0.379. The van der Waals surface area contributed by atoms with Gasteiger partial charge in [-0.3, -0.25) is 9.59 Å². The Morgan fingerprint density at radius 3 is 2.50 bits per heavy atom. The first-order valence-corrected chi connectivity index (χ1v) is 7.24. The molecule has 7 nitrogen and oxygen atoms in total. The van der Waals surface area contributed by atoms with Gasteiger partial charge in [0.05, 0.1) is 25.4 Å². The highest BCUT2D eigenvalue weighted by Gasteiger charge is 2.10. The van der Waals surface area contributed by atoms with Crippen molar-refractivity contribution >= 4 is 23.5 Å². The third-order valence-electron chi connectivity index (χ3n) is 3.11. The summed E-state index contributed by atoms with van der Waals surface area (Å²) >= 11 is 0. The van der Waals surface area contributed by atoms with E-state index in [1.54, 1.807) is 24.3 Å². The Morgan fingerprint density at radius 2 is 1.88 bits per heavy atom. The Hall–Kier alpha value is -3.09. The molecule has 7 heteroatoms. The Kier molecular flexibility index (Phi) is 6.13. The van der Waals surface area contributed by atoms with Crippen LogP contribution in [0.15, 0.2) is 47.1 Å². The first-order valence-electron chi connectivity index (χ1n) is 7.24. The average Bonchev–Trinajstić information content (AvgIpc) is 3.11. The Balaban J connectivity index is 1.72. The normalized spacial score (nSPS) is 10.0. The number of hydrogen-bond donors (Lipinski definition) is 1. The Labute approximate surface area is 138 Å². The van der Waals surface area contributed by atoms with Crippen molar-refractivity contribution in [1.29, 1.82) is 0 Å². The van der Waals surface area contributed by atoms with Crippen LogP contribution in [0.25, 0.3) is 0 Å². The summed E-state index contributed by atoms with van der Waals surface area (Å²) in [6.07, 6.45) is 2.08. The molecule has 1 heterocycles. The molecule has 2 aromatic rings. The summed E-state index contributed by atoms with van der Waals surface area (Å²) in [6, 6.07) is 9.66. The molecule has 0 radical (unpaired) electrons. The van der Waals surface area contributed by atoms with Crippen LogP contribution in [-0.2, 0) is 25.5 Å². The number of hydrogen-bond acceptors (Lipinski definition) is 6. The molecule has 24 heavy (non-hydrogen) atoms. The maximum absolute atomic E-state index is 11.7. The number of carbonyl (C=O) groups is 3. The number of amides is 1. The second-order valence-corrected chi connectivity index (χ2v) is 4.86. The van der Waals surface area contributed by atoms with E-state index in [0.717, 1.165) is 0 Å². The lowest BCUT2D eigenvalue weighted by atomic mass is 10.2. The molecule has 0 unspecified atom stereocenters. The lowest BCUT2D eigenvalue weighted by Gasteiger charge is -2.07. The number of carbonyl (C=O) groups excluding carboxylic acids is 3.